The van der Waals surface area contributed by atoms with Gasteiger partial charge in [0.15, 0.2) is 5.82 Å². The summed E-state index contributed by atoms with van der Waals surface area (Å²) in [5, 5.41) is 7.64. The molecule has 7 nitrogen and oxygen atoms in total. The summed E-state index contributed by atoms with van der Waals surface area (Å²) >= 11 is 1.02. The number of aryl methyl sites for hydroxylation is 1. The van der Waals surface area contributed by atoms with Crippen LogP contribution in [0.1, 0.15) is 12.7 Å². The number of nitrogens with one attached hydrogen (secondary N) is 2. The molecular formula is C12H19ClF2N4O3S. The van der Waals surface area contributed by atoms with Crippen molar-refractivity contribution in [2.75, 3.05) is 24.2 Å². The molecule has 2 amide bonds. The van der Waals surface area contributed by atoms with Crippen LogP contribution in [-0.4, -0.2) is 47.0 Å². The Morgan fingerprint density at radius 3 is 2.70 bits per heavy atom. The van der Waals surface area contributed by atoms with E-state index in [9.17, 15) is 18.4 Å². The zero-order valence-corrected chi connectivity index (χ0v) is 14.2. The molecule has 1 aromatic heterocycles. The summed E-state index contributed by atoms with van der Waals surface area (Å²) in [4.78, 5) is 23.2. The number of carbonyl (C=O) groups is 2. The molecule has 11 heteroatoms. The quantitative estimate of drug-likeness (QED) is 0.632. The van der Waals surface area contributed by atoms with Gasteiger partial charge in [-0.3, -0.25) is 9.59 Å². The zero-order chi connectivity index (χ0) is 16.8. The van der Waals surface area contributed by atoms with Crippen LogP contribution in [-0.2, 0) is 9.59 Å². The van der Waals surface area contributed by atoms with Gasteiger partial charge in [0, 0.05) is 6.07 Å². The van der Waals surface area contributed by atoms with Crippen molar-refractivity contribution < 1.29 is 22.9 Å². The van der Waals surface area contributed by atoms with Crippen molar-refractivity contribution >= 4 is 41.8 Å². The molecule has 1 heterocycles. The van der Waals surface area contributed by atoms with Crippen molar-refractivity contribution in [1.29, 1.82) is 0 Å². The second kappa shape index (κ2) is 9.68. The molecule has 1 rings (SSSR count). The molecule has 0 radical (unpaired) electrons. The second-order valence-electron chi connectivity index (χ2n) is 4.60. The summed E-state index contributed by atoms with van der Waals surface area (Å²) in [6.07, 6.45) is 0. The molecule has 0 spiro atoms. The monoisotopic (exact) mass is 372 g/mol. The van der Waals surface area contributed by atoms with E-state index < -0.39 is 30.2 Å². The number of alkyl halides is 2. The maximum Gasteiger partial charge on any atom is 0.277 e. The van der Waals surface area contributed by atoms with Crippen LogP contribution < -0.4 is 16.4 Å². The lowest BCUT2D eigenvalue weighted by Crippen LogP contribution is -2.42. The molecular weight excluding hydrogens is 354 g/mol. The normalized spacial score (nSPS) is 12.2. The number of anilines is 1. The first-order valence-corrected chi connectivity index (χ1v) is 7.49. The van der Waals surface area contributed by atoms with Crippen molar-refractivity contribution in [3.8, 4) is 0 Å². The first-order chi connectivity index (χ1) is 10.2. The van der Waals surface area contributed by atoms with Gasteiger partial charge in [0.05, 0.1) is 24.1 Å². The van der Waals surface area contributed by atoms with Crippen LogP contribution >= 0.6 is 24.2 Å². The summed E-state index contributed by atoms with van der Waals surface area (Å²) in [6, 6.07) is 1.55. The number of rotatable bonds is 8. The Morgan fingerprint density at radius 2 is 2.17 bits per heavy atom. The van der Waals surface area contributed by atoms with Crippen LogP contribution in [0.4, 0.5) is 14.6 Å². The van der Waals surface area contributed by atoms with E-state index in [0.717, 1.165) is 11.8 Å². The minimum atomic E-state index is -3.13. The smallest absolute Gasteiger partial charge is 0.277 e. The molecule has 0 saturated heterocycles. The summed E-state index contributed by atoms with van der Waals surface area (Å²) in [5.41, 5.74) is 4.86. The maximum atomic E-state index is 12.9. The number of amides is 2. The van der Waals surface area contributed by atoms with Crippen molar-refractivity contribution in [2.45, 2.75) is 25.0 Å². The number of aromatic nitrogens is 1. The molecule has 1 atom stereocenters. The molecule has 1 unspecified atom stereocenters. The van der Waals surface area contributed by atoms with Gasteiger partial charge in [0.1, 0.15) is 5.76 Å². The van der Waals surface area contributed by atoms with E-state index in [4.69, 9.17) is 10.3 Å². The van der Waals surface area contributed by atoms with Gasteiger partial charge in [-0.25, -0.2) is 8.78 Å². The van der Waals surface area contributed by atoms with Crippen molar-refractivity contribution in [3.05, 3.63) is 11.8 Å². The highest BCUT2D eigenvalue weighted by molar-refractivity contribution is 8.01. The van der Waals surface area contributed by atoms with Crippen LogP contribution in [0, 0.1) is 6.92 Å². The number of carbonyl (C=O) groups excluding carboxylic acids is 2. The lowest BCUT2D eigenvalue weighted by molar-refractivity contribution is -0.120. The summed E-state index contributed by atoms with van der Waals surface area (Å²) in [5.74, 6) is -3.37. The summed E-state index contributed by atoms with van der Waals surface area (Å²) < 4.78 is 30.5. The van der Waals surface area contributed by atoms with Gasteiger partial charge in [-0.2, -0.15) is 0 Å². The molecule has 4 N–H and O–H groups in total. The van der Waals surface area contributed by atoms with E-state index in [0.29, 0.717) is 5.76 Å². The standard InChI is InChI=1S/C12H18F2N4O3S.ClH/c1-7-3-9(18-21-7)17-11(20)8(2)22-4-10(19)16-6-12(13,14)5-15;/h3,8H,4-6,15H2,1-2H3,(H,16,19)(H,17,18,20);1H. The highest BCUT2D eigenvalue weighted by atomic mass is 35.5. The molecule has 0 aliphatic carbocycles. The lowest BCUT2D eigenvalue weighted by Gasteiger charge is -2.15. The van der Waals surface area contributed by atoms with E-state index in [2.05, 4.69) is 15.8 Å². The van der Waals surface area contributed by atoms with E-state index in [1.54, 1.807) is 19.9 Å². The van der Waals surface area contributed by atoms with Crippen LogP contribution in [0.3, 0.4) is 0 Å². The second-order valence-corrected chi connectivity index (χ2v) is 5.93. The highest BCUT2D eigenvalue weighted by Gasteiger charge is 2.27. The number of nitrogens with two attached hydrogens (primary N) is 1. The van der Waals surface area contributed by atoms with Crippen LogP contribution in [0.2, 0.25) is 0 Å². The van der Waals surface area contributed by atoms with Crippen LogP contribution in [0.5, 0.6) is 0 Å². The molecule has 0 saturated carbocycles. The van der Waals surface area contributed by atoms with E-state index in [-0.39, 0.29) is 29.9 Å². The van der Waals surface area contributed by atoms with Gasteiger partial charge in [0.2, 0.25) is 11.8 Å². The predicted molar refractivity (Wildman–Crippen MR) is 86.0 cm³/mol. The van der Waals surface area contributed by atoms with Gasteiger partial charge in [-0.05, 0) is 13.8 Å². The summed E-state index contributed by atoms with van der Waals surface area (Å²) in [7, 11) is 0. The third kappa shape index (κ3) is 8.14. The largest absolute Gasteiger partial charge is 0.360 e. The SMILES string of the molecule is Cc1cc(NC(=O)C(C)SCC(=O)NCC(F)(F)CN)no1.Cl. The van der Waals surface area contributed by atoms with E-state index >= 15 is 0 Å². The topological polar surface area (TPSA) is 110 Å². The van der Waals surface area contributed by atoms with Gasteiger partial charge in [-0.15, -0.1) is 24.2 Å². The molecule has 132 valence electrons. The number of nitrogens with zero attached hydrogens (tertiary/aromatic N) is 1. The molecule has 0 aliphatic rings. The Balaban J connectivity index is 0.00000484. The van der Waals surface area contributed by atoms with Crippen LogP contribution in [0.25, 0.3) is 0 Å². The predicted octanol–water partition coefficient (Wildman–Crippen LogP) is 1.18. The highest BCUT2D eigenvalue weighted by Crippen LogP contribution is 2.14. The third-order valence-corrected chi connectivity index (χ3v) is 3.70. The fourth-order valence-corrected chi connectivity index (χ4v) is 1.99. The van der Waals surface area contributed by atoms with Gasteiger partial charge < -0.3 is 20.9 Å². The Hall–Kier alpha value is -1.39. The Labute approximate surface area is 142 Å². The van der Waals surface area contributed by atoms with Gasteiger partial charge in [0.25, 0.3) is 5.92 Å². The number of hydrogen-bond acceptors (Lipinski definition) is 6. The number of hydrogen-bond donors (Lipinski definition) is 3. The molecule has 1 aromatic rings. The Bertz CT molecular complexity index is 530. The average molecular weight is 373 g/mol. The van der Waals surface area contributed by atoms with E-state index in [1.165, 1.54) is 0 Å². The van der Waals surface area contributed by atoms with Crippen molar-refractivity contribution in [3.63, 3.8) is 0 Å². The molecule has 0 aromatic carbocycles. The molecule has 0 fully saturated rings. The number of halogens is 3. The lowest BCUT2D eigenvalue weighted by atomic mass is 10.3. The van der Waals surface area contributed by atoms with Gasteiger partial charge in [-0.1, -0.05) is 5.16 Å². The van der Waals surface area contributed by atoms with Crippen molar-refractivity contribution in [1.82, 2.24) is 10.5 Å². The Morgan fingerprint density at radius 1 is 1.52 bits per heavy atom. The first-order valence-electron chi connectivity index (χ1n) is 6.44. The van der Waals surface area contributed by atoms with E-state index in [1.807, 2.05) is 0 Å². The zero-order valence-electron chi connectivity index (χ0n) is 12.6. The maximum absolute atomic E-state index is 12.9. The fraction of sp³-hybridized carbons (Fsp3) is 0.583. The minimum absolute atomic E-state index is 0. The third-order valence-electron chi connectivity index (χ3n) is 2.56. The van der Waals surface area contributed by atoms with Crippen LogP contribution in [0.15, 0.2) is 10.6 Å². The molecule has 0 bridgehead atoms. The average Bonchev–Trinajstić information content (AvgIpc) is 2.87. The fourth-order valence-electron chi connectivity index (χ4n) is 1.28. The Kier molecular flexibility index (Phi) is 9.10. The molecule has 0 aliphatic heterocycles. The van der Waals surface area contributed by atoms with Gasteiger partial charge >= 0.3 is 0 Å². The molecule has 23 heavy (non-hydrogen) atoms. The summed E-state index contributed by atoms with van der Waals surface area (Å²) in [6.45, 7) is 1.62. The van der Waals surface area contributed by atoms with Crippen molar-refractivity contribution in [2.24, 2.45) is 5.73 Å². The minimum Gasteiger partial charge on any atom is -0.360 e. The number of thioether (sulfide) groups is 1. The first kappa shape index (κ1) is 21.6.